The molecule has 6 aliphatic heterocycles. The third kappa shape index (κ3) is 9.70. The number of hydrogen-bond acceptors (Lipinski definition) is 20. The van der Waals surface area contributed by atoms with Crippen molar-refractivity contribution in [3.05, 3.63) is 65.2 Å². The van der Waals surface area contributed by atoms with Gasteiger partial charge in [-0.3, -0.25) is 0 Å². The van der Waals surface area contributed by atoms with Crippen LogP contribution >= 0.6 is 11.6 Å². The van der Waals surface area contributed by atoms with Crippen LogP contribution in [0.2, 0.25) is 5.28 Å². The number of sulfone groups is 2. The number of aromatic amines is 1. The van der Waals surface area contributed by atoms with Gasteiger partial charge in [-0.05, 0) is 61.5 Å². The molecule has 10 heterocycles. The number of nitrogens with one attached hydrogen (secondary N) is 3. The van der Waals surface area contributed by atoms with Crippen LogP contribution in [-0.2, 0) is 48.1 Å². The largest absolute Gasteiger partial charge is 0.488 e. The van der Waals surface area contributed by atoms with Gasteiger partial charge >= 0.3 is 0 Å². The van der Waals surface area contributed by atoms with Gasteiger partial charge in [-0.2, -0.15) is 9.97 Å². The Balaban J connectivity index is 0.000000143. The van der Waals surface area contributed by atoms with Crippen LogP contribution in [0.5, 0.6) is 11.5 Å². The van der Waals surface area contributed by atoms with E-state index in [9.17, 15) is 16.8 Å². The first-order valence-electron chi connectivity index (χ1n) is 24.5. The van der Waals surface area contributed by atoms with E-state index in [4.69, 9.17) is 55.0 Å². The lowest BCUT2D eigenvalue weighted by Gasteiger charge is -2.38. The second-order valence-electron chi connectivity index (χ2n) is 18.8. The van der Waals surface area contributed by atoms with Crippen LogP contribution in [0.3, 0.4) is 0 Å². The van der Waals surface area contributed by atoms with E-state index in [1.807, 2.05) is 60.1 Å². The summed E-state index contributed by atoms with van der Waals surface area (Å²) in [5, 5.41) is 6.12. The summed E-state index contributed by atoms with van der Waals surface area (Å²) in [4.78, 5) is 35.1. The minimum Gasteiger partial charge on any atom is -0.488 e. The smallest absolute Gasteiger partial charge is 0.239 e. The number of morpholine rings is 2. The van der Waals surface area contributed by atoms with Crippen molar-refractivity contribution in [2.45, 2.75) is 60.1 Å². The molecule has 0 spiro atoms. The highest BCUT2D eigenvalue weighted by Gasteiger charge is 2.51. The molecule has 0 saturated carbocycles. The number of benzene rings is 2. The van der Waals surface area contributed by atoms with Crippen LogP contribution in [0.4, 0.5) is 23.5 Å². The van der Waals surface area contributed by atoms with Crippen LogP contribution in [0, 0.1) is 0 Å². The minimum atomic E-state index is -3.59. The fraction of sp³-hybridized carbons (Fsp3) is 0.542. The average molecular weight is 1070 g/mol. The fourth-order valence-electron chi connectivity index (χ4n) is 10.6. The minimum absolute atomic E-state index is 0.0315. The number of ether oxygens (including phenoxy) is 6. The van der Waals surface area contributed by atoms with Crippen molar-refractivity contribution in [3.63, 3.8) is 0 Å². The molecule has 4 fully saturated rings. The zero-order valence-corrected chi connectivity index (χ0v) is 43.7. The first-order valence-corrected chi connectivity index (χ1v) is 28.7. The quantitative estimate of drug-likeness (QED) is 0.184. The van der Waals surface area contributed by atoms with Crippen molar-refractivity contribution in [1.82, 2.24) is 39.5 Å². The molecule has 4 aromatic heterocycles. The maximum absolute atomic E-state index is 13.5. The van der Waals surface area contributed by atoms with Gasteiger partial charge in [-0.15, -0.1) is 0 Å². The summed E-state index contributed by atoms with van der Waals surface area (Å²) in [5.74, 6) is 3.79. The number of para-hydroxylation sites is 4. The van der Waals surface area contributed by atoms with Crippen molar-refractivity contribution in [2.24, 2.45) is 0 Å². The molecule has 73 heavy (non-hydrogen) atoms. The molecule has 3 N–H and O–H groups in total. The Hall–Kier alpha value is -5.63. The topological polar surface area (TPSA) is 252 Å². The van der Waals surface area contributed by atoms with Gasteiger partial charge in [0, 0.05) is 79.0 Å². The van der Waals surface area contributed by atoms with Gasteiger partial charge in [0.25, 0.3) is 0 Å². The van der Waals surface area contributed by atoms with E-state index in [2.05, 4.69) is 40.4 Å². The van der Waals surface area contributed by atoms with Crippen LogP contribution < -0.4 is 29.9 Å². The zero-order chi connectivity index (χ0) is 51.0. The van der Waals surface area contributed by atoms with E-state index in [1.165, 1.54) is 12.5 Å². The monoisotopic (exact) mass is 1060 g/mol. The van der Waals surface area contributed by atoms with Gasteiger partial charge in [0.05, 0.1) is 73.8 Å². The lowest BCUT2D eigenvalue weighted by molar-refractivity contribution is 0.0721. The number of aromatic nitrogens is 8. The van der Waals surface area contributed by atoms with Crippen molar-refractivity contribution in [1.29, 1.82) is 0 Å². The number of anilines is 4. The molecule has 2 unspecified atom stereocenters. The zero-order valence-electron chi connectivity index (χ0n) is 41.3. The molecule has 2 aromatic carbocycles. The summed E-state index contributed by atoms with van der Waals surface area (Å²) in [7, 11) is -3.44. The standard InChI is InChI=1S/C24H30N6O5S.C16H22ClN3O5S.C8H9N3/c1-25-22-26-17-5-3-4-6-18(17)30(22)23-27-20(24(36(2,31)32)8-12-33-13-9-24)19-21(28-23)29-10-14-34-15-16(29)7-11-35-19;1-26(21,22)16(3-7-23-8-4-16)13-12-14(19-15(17)18-13)20-5-9-24-10-11(20)2-6-25-12;1-9-8-10-6-4-2-3-5-7(6)11-8/h3-6,16H,7-15H2,1-2H3,(H,25,26);11H,2-10H2,1H3;2-5H,1H3,(H2,9,10,11). The molecular weight excluding hydrogens is 1000 g/mol. The van der Waals surface area contributed by atoms with Gasteiger partial charge in [-0.25, -0.2) is 41.3 Å². The third-order valence-electron chi connectivity index (χ3n) is 14.5. The second kappa shape index (κ2) is 20.9. The maximum atomic E-state index is 13.5. The molecule has 6 aliphatic rings. The summed E-state index contributed by atoms with van der Waals surface area (Å²) < 4.78 is 86.6. The second-order valence-corrected chi connectivity index (χ2v) is 23.7. The van der Waals surface area contributed by atoms with Crippen LogP contribution in [0.15, 0.2) is 48.5 Å². The van der Waals surface area contributed by atoms with E-state index in [-0.39, 0.29) is 17.4 Å². The predicted molar refractivity (Wildman–Crippen MR) is 276 cm³/mol. The lowest BCUT2D eigenvalue weighted by atomic mass is 9.94. The molecule has 12 rings (SSSR count). The number of imidazole rings is 2. The summed E-state index contributed by atoms with van der Waals surface area (Å²) in [6, 6.07) is 15.9. The lowest BCUT2D eigenvalue weighted by Crippen LogP contribution is -2.46. The van der Waals surface area contributed by atoms with E-state index < -0.39 is 29.2 Å². The first-order chi connectivity index (χ1) is 35.2. The number of nitrogens with zero attached hydrogens (tertiary/aromatic N) is 9. The van der Waals surface area contributed by atoms with E-state index >= 15 is 0 Å². The molecule has 6 aromatic rings. The number of rotatable bonds is 7. The van der Waals surface area contributed by atoms with Gasteiger partial charge in [0.2, 0.25) is 23.1 Å². The van der Waals surface area contributed by atoms with Crippen molar-refractivity contribution in [2.75, 3.05) is 126 Å². The van der Waals surface area contributed by atoms with Gasteiger partial charge in [0.15, 0.2) is 42.8 Å². The number of fused-ring (bicyclic) bond motifs is 8. The van der Waals surface area contributed by atoms with Gasteiger partial charge in [0.1, 0.15) is 20.9 Å². The molecule has 0 radical (unpaired) electrons. The van der Waals surface area contributed by atoms with Gasteiger partial charge < -0.3 is 53.8 Å². The summed E-state index contributed by atoms with van der Waals surface area (Å²) in [5.41, 5.74) is 4.44. The van der Waals surface area contributed by atoms with Crippen molar-refractivity contribution in [3.8, 4) is 17.4 Å². The third-order valence-corrected chi connectivity index (χ3v) is 18.8. The van der Waals surface area contributed by atoms with E-state index in [0.717, 1.165) is 40.9 Å². The molecule has 4 saturated heterocycles. The molecule has 2 atom stereocenters. The van der Waals surface area contributed by atoms with Crippen molar-refractivity contribution < 1.29 is 45.3 Å². The summed E-state index contributed by atoms with van der Waals surface area (Å²) in [6.07, 6.45) is 5.28. The SMILES string of the molecule is CNc1nc2ccccc2[nH]1.CNc1nc2ccccc2n1-c1nc2c(c(C3(S(C)(=O)=O)CCOCC3)n1)OCCC1COCCN21.CS(=O)(=O)C1(c2nc(Cl)nc3c2OCCC2COCCN32)CCOCC1. The summed E-state index contributed by atoms with van der Waals surface area (Å²) >= 11 is 6.24. The highest BCUT2D eigenvalue weighted by Crippen LogP contribution is 2.49. The van der Waals surface area contributed by atoms with Crippen LogP contribution in [0.1, 0.15) is 49.9 Å². The number of halogens is 1. The van der Waals surface area contributed by atoms with Crippen LogP contribution in [-0.4, -0.2) is 174 Å². The molecule has 0 aliphatic carbocycles. The molecule has 392 valence electrons. The number of hydrogen-bond donors (Lipinski definition) is 3. The average Bonchev–Trinajstić information content (AvgIpc) is 3.89. The fourth-order valence-corrected chi connectivity index (χ4v) is 13.5. The molecule has 22 nitrogen and oxygen atoms in total. The molecular formula is C48H61ClN12O10S2. The van der Waals surface area contributed by atoms with E-state index in [1.54, 1.807) is 7.05 Å². The highest BCUT2D eigenvalue weighted by molar-refractivity contribution is 7.92. The maximum Gasteiger partial charge on any atom is 0.239 e. The Labute approximate surface area is 428 Å². The molecule has 25 heteroatoms. The molecule has 0 bridgehead atoms. The Morgan fingerprint density at radius 2 is 1.15 bits per heavy atom. The van der Waals surface area contributed by atoms with Crippen LogP contribution in [0.25, 0.3) is 28.0 Å². The molecule has 0 amide bonds. The highest BCUT2D eigenvalue weighted by atomic mass is 35.5. The first kappa shape index (κ1) is 50.9. The Kier molecular flexibility index (Phi) is 14.6. The summed E-state index contributed by atoms with van der Waals surface area (Å²) in [6.45, 7) is 5.83. The van der Waals surface area contributed by atoms with E-state index in [0.29, 0.717) is 151 Å². The predicted octanol–water partition coefficient (Wildman–Crippen LogP) is 4.67. The Morgan fingerprint density at radius 3 is 1.70 bits per heavy atom. The Morgan fingerprint density at radius 1 is 0.616 bits per heavy atom. The normalized spacial score (nSPS) is 21.4. The Bertz CT molecular complexity index is 3150. The van der Waals surface area contributed by atoms with Crippen molar-refractivity contribution >= 4 is 76.9 Å². The van der Waals surface area contributed by atoms with Gasteiger partial charge in [-0.1, -0.05) is 24.3 Å². The number of H-pyrrole nitrogens is 1.